The van der Waals surface area contributed by atoms with Crippen LogP contribution in [-0.4, -0.2) is 49.2 Å². The minimum atomic E-state index is -3.08. The SMILES string of the molecule is CN1C(=O)c2cccc(OC(F)F)c2[C@H]2C[C@@H]1c1nn3cc(F)c(-c4cnc([C@](C)(O)CC#N)nc4)cc3c12. The minimum Gasteiger partial charge on any atom is -0.434 e. The van der Waals surface area contributed by atoms with E-state index < -0.39 is 30.0 Å². The lowest BCUT2D eigenvalue weighted by atomic mass is 9.88. The predicted molar refractivity (Wildman–Crippen MR) is 130 cm³/mol. The third-order valence-electron chi connectivity index (χ3n) is 7.43. The third kappa shape index (κ3) is 3.80. The van der Waals surface area contributed by atoms with Gasteiger partial charge < -0.3 is 14.7 Å². The van der Waals surface area contributed by atoms with Crippen molar-refractivity contribution in [2.45, 2.75) is 43.9 Å². The van der Waals surface area contributed by atoms with Crippen molar-refractivity contribution in [2.24, 2.45) is 0 Å². The molecule has 2 aliphatic rings. The van der Waals surface area contributed by atoms with Gasteiger partial charge >= 0.3 is 6.61 Å². The number of rotatable bonds is 5. The molecule has 198 valence electrons. The maximum atomic E-state index is 15.3. The van der Waals surface area contributed by atoms with E-state index in [9.17, 15) is 18.7 Å². The van der Waals surface area contributed by atoms with Gasteiger partial charge in [-0.15, -0.1) is 0 Å². The number of hydrogen-bond donors (Lipinski definition) is 1. The normalized spacial score (nSPS) is 19.4. The average molecular weight is 534 g/mol. The zero-order valence-corrected chi connectivity index (χ0v) is 20.8. The zero-order valence-electron chi connectivity index (χ0n) is 20.8. The summed E-state index contributed by atoms with van der Waals surface area (Å²) < 4.78 is 48.1. The van der Waals surface area contributed by atoms with Crippen LogP contribution < -0.4 is 4.74 Å². The van der Waals surface area contributed by atoms with E-state index in [0.29, 0.717) is 34.3 Å². The lowest BCUT2D eigenvalue weighted by molar-refractivity contribution is -0.0505. The van der Waals surface area contributed by atoms with Gasteiger partial charge in [0.1, 0.15) is 17.2 Å². The van der Waals surface area contributed by atoms with Gasteiger partial charge in [0.15, 0.2) is 5.82 Å². The first kappa shape index (κ1) is 24.8. The Labute approximate surface area is 220 Å². The molecule has 0 fully saturated rings. The quantitative estimate of drug-likeness (QED) is 0.405. The standard InChI is InChI=1S/C27H21F3N6O3/c1-27(38,6-7-31)25-32-10-13(11-33-25)15-8-18-22-16-9-19(23(22)34-36(18)12-17(15)28)35(2)24(37)14-4-3-5-20(21(14)16)39-26(29)30/h3-5,8,10-12,16,19,26,38H,6,9H2,1-2H3/t16-,19-,27-/m1/s1. The molecule has 1 aromatic carbocycles. The lowest BCUT2D eigenvalue weighted by Gasteiger charge is -2.23. The van der Waals surface area contributed by atoms with E-state index >= 15 is 4.39 Å². The molecule has 0 radical (unpaired) electrons. The van der Waals surface area contributed by atoms with E-state index in [0.717, 1.165) is 0 Å². The second kappa shape index (κ2) is 8.78. The van der Waals surface area contributed by atoms with Crippen molar-refractivity contribution >= 4 is 11.4 Å². The number of aliphatic hydroxyl groups is 1. The first-order valence-corrected chi connectivity index (χ1v) is 12.1. The Morgan fingerprint density at radius 3 is 2.69 bits per heavy atom. The molecule has 1 aliphatic carbocycles. The Morgan fingerprint density at radius 1 is 1.26 bits per heavy atom. The Balaban J connectivity index is 1.52. The molecule has 12 heteroatoms. The summed E-state index contributed by atoms with van der Waals surface area (Å²) in [5, 5.41) is 23.9. The highest BCUT2D eigenvalue weighted by Gasteiger charge is 2.46. The molecule has 1 N–H and O–H groups in total. The molecule has 0 saturated carbocycles. The monoisotopic (exact) mass is 534 g/mol. The molecule has 1 aliphatic heterocycles. The maximum Gasteiger partial charge on any atom is 0.387 e. The van der Waals surface area contributed by atoms with E-state index in [1.807, 2.05) is 6.07 Å². The highest BCUT2D eigenvalue weighted by atomic mass is 19.3. The van der Waals surface area contributed by atoms with Crippen LogP contribution in [0.3, 0.4) is 0 Å². The first-order valence-electron chi connectivity index (χ1n) is 12.1. The first-order chi connectivity index (χ1) is 18.6. The topological polar surface area (TPSA) is 117 Å². The number of halogens is 3. The lowest BCUT2D eigenvalue weighted by Crippen LogP contribution is -2.30. The van der Waals surface area contributed by atoms with Crippen LogP contribution in [0.5, 0.6) is 5.75 Å². The molecule has 3 aromatic heterocycles. The van der Waals surface area contributed by atoms with Gasteiger partial charge in [-0.1, -0.05) is 6.07 Å². The summed E-state index contributed by atoms with van der Waals surface area (Å²) in [7, 11) is 1.63. The second-order valence-corrected chi connectivity index (χ2v) is 9.88. The largest absolute Gasteiger partial charge is 0.434 e. The number of hydrogen-bond acceptors (Lipinski definition) is 7. The van der Waals surface area contributed by atoms with Crippen molar-refractivity contribution in [3.05, 3.63) is 76.9 Å². The van der Waals surface area contributed by atoms with E-state index in [1.54, 1.807) is 19.2 Å². The van der Waals surface area contributed by atoms with E-state index in [-0.39, 0.29) is 35.0 Å². The summed E-state index contributed by atoms with van der Waals surface area (Å²) in [4.78, 5) is 23.1. The number of aromatic nitrogens is 4. The van der Waals surface area contributed by atoms with Gasteiger partial charge in [0.25, 0.3) is 5.91 Å². The van der Waals surface area contributed by atoms with Crippen LogP contribution in [0.15, 0.2) is 42.9 Å². The number of carbonyl (C=O) groups excluding carboxylic acids is 1. The van der Waals surface area contributed by atoms with Crippen LogP contribution >= 0.6 is 0 Å². The fraction of sp³-hybridized carbons (Fsp3) is 0.296. The molecule has 0 spiro atoms. The Bertz CT molecular complexity index is 1680. The number of amides is 1. The number of benzene rings is 1. The molecule has 3 atom stereocenters. The summed E-state index contributed by atoms with van der Waals surface area (Å²) >= 11 is 0. The molecule has 9 nitrogen and oxygen atoms in total. The third-order valence-corrected chi connectivity index (χ3v) is 7.43. The summed E-state index contributed by atoms with van der Waals surface area (Å²) in [6, 6.07) is 7.52. The molecule has 39 heavy (non-hydrogen) atoms. The van der Waals surface area contributed by atoms with Crippen LogP contribution in [-0.2, 0) is 5.60 Å². The van der Waals surface area contributed by atoms with Gasteiger partial charge in [0.2, 0.25) is 0 Å². The molecular weight excluding hydrogens is 513 g/mol. The minimum absolute atomic E-state index is 0.0282. The van der Waals surface area contributed by atoms with Gasteiger partial charge in [0.05, 0.1) is 35.9 Å². The summed E-state index contributed by atoms with van der Waals surface area (Å²) in [6.45, 7) is -1.66. The number of pyridine rings is 1. The van der Waals surface area contributed by atoms with Crippen molar-refractivity contribution < 1.29 is 27.8 Å². The highest BCUT2D eigenvalue weighted by molar-refractivity contribution is 5.98. The average Bonchev–Trinajstić information content (AvgIpc) is 3.40. The molecule has 0 saturated heterocycles. The molecule has 4 heterocycles. The smallest absolute Gasteiger partial charge is 0.387 e. The fourth-order valence-electron chi connectivity index (χ4n) is 5.58. The van der Waals surface area contributed by atoms with Crippen LogP contribution in [0.4, 0.5) is 13.2 Å². The van der Waals surface area contributed by atoms with E-state index in [4.69, 9.17) is 10.00 Å². The van der Waals surface area contributed by atoms with Crippen LogP contribution in [0.2, 0.25) is 0 Å². The van der Waals surface area contributed by atoms with Crippen molar-refractivity contribution in [1.82, 2.24) is 24.5 Å². The molecular formula is C27H21F3N6O3. The maximum absolute atomic E-state index is 15.3. The number of nitriles is 1. The second-order valence-electron chi connectivity index (χ2n) is 9.88. The number of ether oxygens (including phenoxy) is 1. The summed E-state index contributed by atoms with van der Waals surface area (Å²) in [5.41, 5.74) is 1.34. The van der Waals surface area contributed by atoms with Gasteiger partial charge in [-0.3, -0.25) is 4.79 Å². The molecule has 1 amide bonds. The van der Waals surface area contributed by atoms with Crippen molar-refractivity contribution in [3.63, 3.8) is 0 Å². The number of carbonyl (C=O) groups is 1. The zero-order chi connectivity index (χ0) is 27.6. The number of fused-ring (bicyclic) bond motifs is 9. The van der Waals surface area contributed by atoms with Crippen molar-refractivity contribution in [2.75, 3.05) is 7.05 Å². The molecule has 0 unspecified atom stereocenters. The van der Waals surface area contributed by atoms with Crippen molar-refractivity contribution in [3.8, 4) is 22.9 Å². The van der Waals surface area contributed by atoms with Gasteiger partial charge in [-0.2, -0.15) is 19.1 Å². The van der Waals surface area contributed by atoms with Crippen LogP contribution in [0.25, 0.3) is 16.6 Å². The Morgan fingerprint density at radius 2 is 2.00 bits per heavy atom. The highest BCUT2D eigenvalue weighted by Crippen LogP contribution is 2.53. The van der Waals surface area contributed by atoms with Gasteiger partial charge in [-0.25, -0.2) is 18.9 Å². The summed E-state index contributed by atoms with van der Waals surface area (Å²) in [5.74, 6) is -1.51. The van der Waals surface area contributed by atoms with Crippen LogP contribution in [0.1, 0.15) is 64.7 Å². The number of alkyl halides is 2. The molecule has 4 aromatic rings. The molecule has 6 rings (SSSR count). The van der Waals surface area contributed by atoms with E-state index in [2.05, 4.69) is 15.1 Å². The van der Waals surface area contributed by atoms with Gasteiger partial charge in [0, 0.05) is 53.2 Å². The summed E-state index contributed by atoms with van der Waals surface area (Å²) in [6.07, 6.45) is 4.12. The predicted octanol–water partition coefficient (Wildman–Crippen LogP) is 4.32. The Hall–Kier alpha value is -4.50. The van der Waals surface area contributed by atoms with Gasteiger partial charge in [-0.05, 0) is 31.5 Å². The Kier molecular flexibility index (Phi) is 5.58. The van der Waals surface area contributed by atoms with Crippen LogP contribution in [0, 0.1) is 17.1 Å². The van der Waals surface area contributed by atoms with E-state index in [1.165, 1.54) is 47.1 Å². The van der Waals surface area contributed by atoms with Crippen molar-refractivity contribution in [1.29, 1.82) is 5.26 Å². The molecule has 2 bridgehead atoms. The fourth-order valence-corrected chi connectivity index (χ4v) is 5.58. The number of nitrogens with zero attached hydrogens (tertiary/aromatic N) is 6.